The minimum Gasteiger partial charge on any atom is -0.393 e. The third-order valence-corrected chi connectivity index (χ3v) is 6.46. The monoisotopic (exact) mass is 444 g/mol. The fraction of sp³-hybridized carbons (Fsp3) is 0.360. The number of likely N-dealkylation sites (tertiary alicyclic amines) is 1. The smallest absolute Gasteiger partial charge is 0.253 e. The lowest BCUT2D eigenvalue weighted by Crippen LogP contribution is -2.41. The van der Waals surface area contributed by atoms with Gasteiger partial charge < -0.3 is 10.1 Å². The van der Waals surface area contributed by atoms with Crippen molar-refractivity contribution in [2.24, 2.45) is 0 Å². The summed E-state index contributed by atoms with van der Waals surface area (Å²) < 4.78 is 1.77. The number of benzene rings is 2. The van der Waals surface area contributed by atoms with Crippen LogP contribution in [0.3, 0.4) is 0 Å². The van der Waals surface area contributed by atoms with Crippen molar-refractivity contribution in [3.8, 4) is 0 Å². The van der Waals surface area contributed by atoms with Gasteiger partial charge in [-0.25, -0.2) is 4.68 Å². The van der Waals surface area contributed by atoms with Gasteiger partial charge in [-0.15, -0.1) is 5.10 Å². The van der Waals surface area contributed by atoms with Gasteiger partial charge in [-0.05, 0) is 65.8 Å². The quantitative estimate of drug-likeness (QED) is 0.491. The van der Waals surface area contributed by atoms with Crippen LogP contribution in [0, 0.1) is 13.8 Å². The highest BCUT2D eigenvalue weighted by molar-refractivity contribution is 5.83. The molecule has 2 aromatic carbocycles. The van der Waals surface area contributed by atoms with Crippen LogP contribution in [0.15, 0.2) is 53.3 Å². The number of tetrazole rings is 1. The van der Waals surface area contributed by atoms with Gasteiger partial charge >= 0.3 is 0 Å². The van der Waals surface area contributed by atoms with Crippen LogP contribution >= 0.6 is 0 Å². The minimum atomic E-state index is -0.412. The molecule has 0 bridgehead atoms. The van der Waals surface area contributed by atoms with E-state index in [1.54, 1.807) is 4.68 Å². The van der Waals surface area contributed by atoms with E-state index >= 15 is 0 Å². The second kappa shape index (κ2) is 8.88. The summed E-state index contributed by atoms with van der Waals surface area (Å²) in [6, 6.07) is 15.7. The molecule has 1 aliphatic heterocycles. The summed E-state index contributed by atoms with van der Waals surface area (Å²) in [4.78, 5) is 18.7. The molecule has 0 amide bonds. The third kappa shape index (κ3) is 4.31. The number of aliphatic hydroxyl groups excluding tert-OH is 1. The maximum atomic E-state index is 13.4. The lowest BCUT2D eigenvalue weighted by Gasteiger charge is -2.35. The summed E-state index contributed by atoms with van der Waals surface area (Å²) in [6.45, 7) is 5.90. The average Bonchev–Trinajstić information content (AvgIpc) is 3.24. The molecule has 2 aromatic heterocycles. The molecule has 33 heavy (non-hydrogen) atoms. The van der Waals surface area contributed by atoms with Crippen molar-refractivity contribution in [1.29, 1.82) is 0 Å². The average molecular weight is 445 g/mol. The summed E-state index contributed by atoms with van der Waals surface area (Å²) in [5.41, 5.74) is 4.60. The van der Waals surface area contributed by atoms with Crippen LogP contribution in [0.2, 0.25) is 0 Å². The molecule has 1 aliphatic rings. The van der Waals surface area contributed by atoms with Gasteiger partial charge in [0.15, 0.2) is 5.82 Å². The molecule has 8 nitrogen and oxygen atoms in total. The summed E-state index contributed by atoms with van der Waals surface area (Å²) in [5, 5.41) is 23.7. The number of H-pyrrole nitrogens is 1. The molecule has 170 valence electrons. The minimum absolute atomic E-state index is 0.139. The zero-order chi connectivity index (χ0) is 22.9. The maximum Gasteiger partial charge on any atom is 0.253 e. The van der Waals surface area contributed by atoms with Gasteiger partial charge in [0.25, 0.3) is 5.56 Å². The second-order valence-corrected chi connectivity index (χ2v) is 8.95. The molecule has 4 aromatic rings. The molecule has 0 aliphatic carbocycles. The molecular formula is C25H28N6O2. The van der Waals surface area contributed by atoms with Gasteiger partial charge in [-0.1, -0.05) is 42.0 Å². The number of aromatic amines is 1. The lowest BCUT2D eigenvalue weighted by atomic mass is 9.98. The van der Waals surface area contributed by atoms with E-state index in [0.29, 0.717) is 43.9 Å². The number of hydrogen-bond donors (Lipinski definition) is 2. The Morgan fingerprint density at radius 2 is 1.88 bits per heavy atom. The van der Waals surface area contributed by atoms with Gasteiger partial charge in [0.05, 0.1) is 18.2 Å². The van der Waals surface area contributed by atoms with Crippen molar-refractivity contribution in [3.63, 3.8) is 0 Å². The standard InChI is InChI=1S/C25H28N6O2/c1-16-12-17(2)22-19(13-16)14-21(25(33)26-22)23(30-10-8-20(32)9-11-30)24-27-28-29-31(24)15-18-6-4-3-5-7-18/h3-7,12-14,20,23,32H,8-11,15H2,1-2H3,(H,26,33). The van der Waals surface area contributed by atoms with Crippen LogP contribution in [0.1, 0.15) is 47.0 Å². The fourth-order valence-corrected chi connectivity index (χ4v) is 4.83. The Hall–Kier alpha value is -3.36. The predicted molar refractivity (Wildman–Crippen MR) is 126 cm³/mol. The van der Waals surface area contributed by atoms with Crippen LogP contribution in [-0.2, 0) is 6.54 Å². The molecule has 2 N–H and O–H groups in total. The number of aryl methyl sites for hydroxylation is 2. The molecule has 1 fully saturated rings. The normalized spacial score (nSPS) is 16.3. The number of fused-ring (bicyclic) bond motifs is 1. The molecule has 1 atom stereocenters. The molecule has 1 unspecified atom stereocenters. The van der Waals surface area contributed by atoms with Gasteiger partial charge in [-0.2, -0.15) is 0 Å². The molecule has 0 spiro atoms. The largest absolute Gasteiger partial charge is 0.393 e. The van der Waals surface area contributed by atoms with Crippen molar-refractivity contribution < 1.29 is 5.11 Å². The molecule has 3 heterocycles. The third-order valence-electron chi connectivity index (χ3n) is 6.46. The van der Waals surface area contributed by atoms with Crippen molar-refractivity contribution >= 4 is 10.9 Å². The highest BCUT2D eigenvalue weighted by Crippen LogP contribution is 2.30. The Balaban J connectivity index is 1.63. The van der Waals surface area contributed by atoms with Crippen LogP contribution in [-0.4, -0.2) is 54.4 Å². The van der Waals surface area contributed by atoms with E-state index < -0.39 is 6.04 Å². The number of nitrogens with one attached hydrogen (secondary N) is 1. The number of rotatable bonds is 5. The Morgan fingerprint density at radius 1 is 1.12 bits per heavy atom. The number of aliphatic hydroxyl groups is 1. The molecular weight excluding hydrogens is 416 g/mol. The zero-order valence-corrected chi connectivity index (χ0v) is 18.9. The molecule has 0 saturated carbocycles. The second-order valence-electron chi connectivity index (χ2n) is 8.95. The van der Waals surface area contributed by atoms with Gasteiger partial charge in [0, 0.05) is 18.7 Å². The van der Waals surface area contributed by atoms with E-state index in [-0.39, 0.29) is 11.7 Å². The number of aromatic nitrogens is 5. The first-order valence-electron chi connectivity index (χ1n) is 11.4. The number of nitrogens with zero attached hydrogens (tertiary/aromatic N) is 5. The fourth-order valence-electron chi connectivity index (χ4n) is 4.83. The molecule has 1 saturated heterocycles. The van der Waals surface area contributed by atoms with E-state index in [2.05, 4.69) is 44.5 Å². The van der Waals surface area contributed by atoms with Crippen molar-refractivity contribution in [2.75, 3.05) is 13.1 Å². The van der Waals surface area contributed by atoms with Crippen LogP contribution in [0.5, 0.6) is 0 Å². The first-order valence-corrected chi connectivity index (χ1v) is 11.4. The van der Waals surface area contributed by atoms with E-state index in [0.717, 1.165) is 27.6 Å². The molecule has 8 heteroatoms. The molecule has 0 radical (unpaired) electrons. The van der Waals surface area contributed by atoms with E-state index in [1.165, 1.54) is 0 Å². The number of hydrogen-bond acceptors (Lipinski definition) is 6. The topological polar surface area (TPSA) is 99.9 Å². The van der Waals surface area contributed by atoms with E-state index in [1.807, 2.05) is 43.3 Å². The summed E-state index contributed by atoms with van der Waals surface area (Å²) in [7, 11) is 0. The van der Waals surface area contributed by atoms with E-state index in [4.69, 9.17) is 0 Å². The lowest BCUT2D eigenvalue weighted by molar-refractivity contribution is 0.0659. The summed E-state index contributed by atoms with van der Waals surface area (Å²) >= 11 is 0. The van der Waals surface area contributed by atoms with Gasteiger partial charge in [0.1, 0.15) is 6.04 Å². The van der Waals surface area contributed by atoms with Crippen molar-refractivity contribution in [1.82, 2.24) is 30.1 Å². The zero-order valence-electron chi connectivity index (χ0n) is 18.9. The Morgan fingerprint density at radius 3 is 2.64 bits per heavy atom. The van der Waals surface area contributed by atoms with Crippen LogP contribution in [0.25, 0.3) is 10.9 Å². The highest BCUT2D eigenvalue weighted by atomic mass is 16.3. The van der Waals surface area contributed by atoms with Crippen LogP contribution in [0.4, 0.5) is 0 Å². The SMILES string of the molecule is Cc1cc(C)c2[nH]c(=O)c(C(c3nnnn3Cc3ccccc3)N3CCC(O)CC3)cc2c1. The van der Waals surface area contributed by atoms with Crippen molar-refractivity contribution in [2.45, 2.75) is 45.4 Å². The maximum absolute atomic E-state index is 13.4. The van der Waals surface area contributed by atoms with Crippen molar-refractivity contribution in [3.05, 3.63) is 87.0 Å². The van der Waals surface area contributed by atoms with Crippen LogP contribution < -0.4 is 5.56 Å². The Labute approximate surface area is 191 Å². The first kappa shape index (κ1) is 21.5. The summed E-state index contributed by atoms with van der Waals surface area (Å²) in [5.74, 6) is 0.629. The highest BCUT2D eigenvalue weighted by Gasteiger charge is 2.32. The Kier molecular flexibility index (Phi) is 5.78. The van der Waals surface area contributed by atoms with Gasteiger partial charge in [0.2, 0.25) is 0 Å². The first-order chi connectivity index (χ1) is 16.0. The number of piperidine rings is 1. The molecule has 5 rings (SSSR count). The Bertz CT molecular complexity index is 1320. The van der Waals surface area contributed by atoms with E-state index in [9.17, 15) is 9.90 Å². The number of pyridine rings is 1. The predicted octanol–water partition coefficient (Wildman–Crippen LogP) is 2.73. The van der Waals surface area contributed by atoms with Gasteiger partial charge in [-0.3, -0.25) is 9.69 Å². The summed E-state index contributed by atoms with van der Waals surface area (Å²) in [6.07, 6.45) is 0.989.